The summed E-state index contributed by atoms with van der Waals surface area (Å²) in [5.74, 6) is 0.542. The van der Waals surface area contributed by atoms with Crippen molar-refractivity contribution in [1.29, 1.82) is 0 Å². The fourth-order valence-electron chi connectivity index (χ4n) is 3.15. The number of aromatic nitrogens is 4. The standard InChI is InChI=1S/C23H21N5O3S/c1-15-7-9-17(10-8-15)26-19(29)14-32-23-27-21-20(24-11-12-25-21)22(30)28(23)13-16-5-3-4-6-18(16)31-2/h3-12H,13-14H2,1-2H3,(H,26,29). The van der Waals surface area contributed by atoms with Crippen LogP contribution in [0.1, 0.15) is 11.1 Å². The number of anilines is 1. The van der Waals surface area contributed by atoms with Crippen LogP contribution in [-0.4, -0.2) is 38.3 Å². The van der Waals surface area contributed by atoms with Gasteiger partial charge in [0.25, 0.3) is 5.56 Å². The van der Waals surface area contributed by atoms with Crippen molar-refractivity contribution in [3.8, 4) is 5.75 Å². The monoisotopic (exact) mass is 447 g/mol. The molecule has 0 atom stereocenters. The molecule has 0 radical (unpaired) electrons. The van der Waals surface area contributed by atoms with Gasteiger partial charge in [0.2, 0.25) is 5.91 Å². The summed E-state index contributed by atoms with van der Waals surface area (Å²) in [6.07, 6.45) is 2.94. The molecule has 1 amide bonds. The number of carbonyl (C=O) groups is 1. The first kappa shape index (κ1) is 21.5. The van der Waals surface area contributed by atoms with Gasteiger partial charge in [0.05, 0.1) is 19.4 Å². The molecule has 8 nitrogen and oxygen atoms in total. The Kier molecular flexibility index (Phi) is 6.46. The number of benzene rings is 2. The molecule has 0 spiro atoms. The van der Waals surface area contributed by atoms with Gasteiger partial charge in [0.1, 0.15) is 5.75 Å². The molecule has 0 bridgehead atoms. The highest BCUT2D eigenvalue weighted by molar-refractivity contribution is 7.99. The molecule has 2 aromatic heterocycles. The Hall–Kier alpha value is -3.72. The zero-order valence-electron chi connectivity index (χ0n) is 17.6. The van der Waals surface area contributed by atoms with Crippen molar-refractivity contribution in [2.24, 2.45) is 0 Å². The van der Waals surface area contributed by atoms with Crippen LogP contribution in [0, 0.1) is 6.92 Å². The van der Waals surface area contributed by atoms with E-state index in [1.807, 2.05) is 55.5 Å². The van der Waals surface area contributed by atoms with E-state index in [0.29, 0.717) is 16.6 Å². The van der Waals surface area contributed by atoms with Crippen molar-refractivity contribution in [1.82, 2.24) is 19.5 Å². The number of para-hydroxylation sites is 1. The molecular formula is C23H21N5O3S. The molecule has 32 heavy (non-hydrogen) atoms. The third kappa shape index (κ3) is 4.78. The SMILES string of the molecule is COc1ccccc1Cn1c(SCC(=O)Nc2ccc(C)cc2)nc2nccnc2c1=O. The Morgan fingerprint density at radius 3 is 2.62 bits per heavy atom. The number of carbonyl (C=O) groups excluding carboxylic acids is 1. The Morgan fingerprint density at radius 1 is 1.09 bits per heavy atom. The fourth-order valence-corrected chi connectivity index (χ4v) is 3.93. The average molecular weight is 448 g/mol. The van der Waals surface area contributed by atoms with Crippen LogP contribution >= 0.6 is 11.8 Å². The van der Waals surface area contributed by atoms with E-state index in [4.69, 9.17) is 4.74 Å². The molecule has 4 rings (SSSR count). The van der Waals surface area contributed by atoms with Crippen LogP contribution in [0.4, 0.5) is 5.69 Å². The molecule has 0 saturated heterocycles. The van der Waals surface area contributed by atoms with Gasteiger partial charge in [0.15, 0.2) is 16.3 Å². The summed E-state index contributed by atoms with van der Waals surface area (Å²) in [5, 5.41) is 3.24. The summed E-state index contributed by atoms with van der Waals surface area (Å²) in [6.45, 7) is 2.21. The summed E-state index contributed by atoms with van der Waals surface area (Å²) < 4.78 is 6.92. The van der Waals surface area contributed by atoms with Crippen LogP contribution in [0.2, 0.25) is 0 Å². The number of aryl methyl sites for hydroxylation is 1. The quantitative estimate of drug-likeness (QED) is 0.343. The minimum atomic E-state index is -0.324. The second-order valence-electron chi connectivity index (χ2n) is 7.03. The molecule has 0 saturated carbocycles. The van der Waals surface area contributed by atoms with Gasteiger partial charge in [-0.05, 0) is 25.1 Å². The summed E-state index contributed by atoms with van der Waals surface area (Å²) in [5.41, 5.74) is 2.73. The molecule has 1 N–H and O–H groups in total. The van der Waals surface area contributed by atoms with Crippen molar-refractivity contribution in [3.63, 3.8) is 0 Å². The van der Waals surface area contributed by atoms with Crippen LogP contribution in [0.25, 0.3) is 11.2 Å². The van der Waals surface area contributed by atoms with Gasteiger partial charge in [-0.3, -0.25) is 14.2 Å². The number of hydrogen-bond acceptors (Lipinski definition) is 7. The number of thioether (sulfide) groups is 1. The number of ether oxygens (including phenoxy) is 1. The number of rotatable bonds is 7. The Labute approximate surface area is 188 Å². The maximum atomic E-state index is 13.2. The molecular weight excluding hydrogens is 426 g/mol. The van der Waals surface area contributed by atoms with Crippen molar-refractivity contribution >= 4 is 34.5 Å². The Bertz CT molecular complexity index is 1320. The highest BCUT2D eigenvalue weighted by atomic mass is 32.2. The van der Waals surface area contributed by atoms with Gasteiger partial charge >= 0.3 is 0 Å². The molecule has 0 unspecified atom stereocenters. The normalized spacial score (nSPS) is 10.8. The smallest absolute Gasteiger partial charge is 0.282 e. The third-order valence-electron chi connectivity index (χ3n) is 4.75. The zero-order valence-corrected chi connectivity index (χ0v) is 18.4. The fraction of sp³-hybridized carbons (Fsp3) is 0.174. The first-order chi connectivity index (χ1) is 15.5. The van der Waals surface area contributed by atoms with Crippen molar-refractivity contribution in [2.45, 2.75) is 18.6 Å². The first-order valence-electron chi connectivity index (χ1n) is 9.88. The molecule has 2 heterocycles. The molecule has 9 heteroatoms. The Balaban J connectivity index is 1.63. The summed E-state index contributed by atoms with van der Waals surface area (Å²) >= 11 is 1.17. The number of nitrogens with zero attached hydrogens (tertiary/aromatic N) is 4. The van der Waals surface area contributed by atoms with E-state index in [9.17, 15) is 9.59 Å². The van der Waals surface area contributed by atoms with E-state index >= 15 is 0 Å². The van der Waals surface area contributed by atoms with Gasteiger partial charge in [-0.2, -0.15) is 0 Å². The number of nitrogens with one attached hydrogen (secondary N) is 1. The highest BCUT2D eigenvalue weighted by Crippen LogP contribution is 2.22. The minimum absolute atomic E-state index is 0.0814. The van der Waals surface area contributed by atoms with E-state index in [-0.39, 0.29) is 34.9 Å². The molecule has 0 aliphatic carbocycles. The summed E-state index contributed by atoms with van der Waals surface area (Å²) in [6, 6.07) is 15.0. The van der Waals surface area contributed by atoms with Crippen molar-refractivity contribution in [3.05, 3.63) is 82.4 Å². The van der Waals surface area contributed by atoms with Gasteiger partial charge in [-0.25, -0.2) is 15.0 Å². The predicted octanol–water partition coefficient (Wildman–Crippen LogP) is 3.28. The van der Waals surface area contributed by atoms with Crippen LogP contribution in [-0.2, 0) is 11.3 Å². The van der Waals surface area contributed by atoms with Crippen LogP contribution in [0.3, 0.4) is 0 Å². The molecule has 4 aromatic rings. The lowest BCUT2D eigenvalue weighted by Gasteiger charge is -2.14. The number of amides is 1. The highest BCUT2D eigenvalue weighted by Gasteiger charge is 2.16. The lowest BCUT2D eigenvalue weighted by atomic mass is 10.2. The molecule has 0 aliphatic heterocycles. The molecule has 162 valence electrons. The number of hydrogen-bond donors (Lipinski definition) is 1. The van der Waals surface area contributed by atoms with Crippen molar-refractivity contribution in [2.75, 3.05) is 18.2 Å². The number of methoxy groups -OCH3 is 1. The van der Waals surface area contributed by atoms with E-state index in [0.717, 1.165) is 11.1 Å². The van der Waals surface area contributed by atoms with Crippen LogP contribution in [0.15, 0.2) is 70.9 Å². The number of fused-ring (bicyclic) bond motifs is 1. The van der Waals surface area contributed by atoms with Gasteiger partial charge in [0, 0.05) is 23.6 Å². The van der Waals surface area contributed by atoms with Gasteiger partial charge < -0.3 is 10.1 Å². The maximum absolute atomic E-state index is 13.2. The van der Waals surface area contributed by atoms with E-state index in [2.05, 4.69) is 20.3 Å². The molecule has 0 aliphatic rings. The predicted molar refractivity (Wildman–Crippen MR) is 124 cm³/mol. The molecule has 0 fully saturated rings. The van der Waals surface area contributed by atoms with Crippen LogP contribution < -0.4 is 15.6 Å². The Morgan fingerprint density at radius 2 is 1.84 bits per heavy atom. The van der Waals surface area contributed by atoms with Crippen molar-refractivity contribution < 1.29 is 9.53 Å². The van der Waals surface area contributed by atoms with E-state index < -0.39 is 0 Å². The third-order valence-corrected chi connectivity index (χ3v) is 5.72. The lowest BCUT2D eigenvalue weighted by molar-refractivity contribution is -0.113. The van der Waals surface area contributed by atoms with E-state index in [1.54, 1.807) is 7.11 Å². The van der Waals surface area contributed by atoms with Crippen LogP contribution in [0.5, 0.6) is 5.75 Å². The second-order valence-corrected chi connectivity index (χ2v) is 7.97. The van der Waals surface area contributed by atoms with Gasteiger partial charge in [-0.15, -0.1) is 0 Å². The maximum Gasteiger partial charge on any atom is 0.282 e. The summed E-state index contributed by atoms with van der Waals surface area (Å²) in [4.78, 5) is 38.5. The van der Waals surface area contributed by atoms with Gasteiger partial charge in [-0.1, -0.05) is 47.7 Å². The first-order valence-corrected chi connectivity index (χ1v) is 10.9. The zero-order chi connectivity index (χ0) is 22.5. The topological polar surface area (TPSA) is 99.0 Å². The second kappa shape index (κ2) is 9.61. The largest absolute Gasteiger partial charge is 0.496 e. The summed E-state index contributed by atoms with van der Waals surface area (Å²) in [7, 11) is 1.58. The minimum Gasteiger partial charge on any atom is -0.496 e. The average Bonchev–Trinajstić information content (AvgIpc) is 2.81. The lowest BCUT2D eigenvalue weighted by Crippen LogP contribution is -2.26. The van der Waals surface area contributed by atoms with E-state index in [1.165, 1.54) is 28.7 Å². The molecule has 2 aromatic carbocycles.